The summed E-state index contributed by atoms with van der Waals surface area (Å²) >= 11 is 0. The van der Waals surface area contributed by atoms with Gasteiger partial charge in [-0.3, -0.25) is 0 Å². The molecule has 0 aromatic carbocycles. The van der Waals surface area contributed by atoms with Gasteiger partial charge in [0.05, 0.1) is 7.11 Å². The van der Waals surface area contributed by atoms with Crippen molar-refractivity contribution in [2.24, 2.45) is 5.92 Å². The van der Waals surface area contributed by atoms with Gasteiger partial charge in [-0.25, -0.2) is 4.98 Å². The molecule has 0 bridgehead atoms. The molecule has 1 heterocycles. The molecule has 0 amide bonds. The molecule has 1 aromatic heterocycles. The van der Waals surface area contributed by atoms with Crippen LogP contribution in [0.4, 0.5) is 0 Å². The lowest BCUT2D eigenvalue weighted by atomic mass is 9.99. The number of aromatic nitrogens is 1. The number of ether oxygens (including phenoxy) is 1. The van der Waals surface area contributed by atoms with E-state index in [0.717, 1.165) is 30.5 Å². The maximum Gasteiger partial charge on any atom is 0.217 e. The van der Waals surface area contributed by atoms with Gasteiger partial charge in [-0.15, -0.1) is 0 Å². The molecule has 0 radical (unpaired) electrons. The van der Waals surface area contributed by atoms with Crippen molar-refractivity contribution in [3.05, 3.63) is 23.9 Å². The van der Waals surface area contributed by atoms with Crippen LogP contribution < -0.4 is 10.1 Å². The van der Waals surface area contributed by atoms with Gasteiger partial charge in [0, 0.05) is 18.3 Å². The maximum atomic E-state index is 5.24. The summed E-state index contributed by atoms with van der Waals surface area (Å²) in [5.41, 5.74) is 1.13. The summed E-state index contributed by atoms with van der Waals surface area (Å²) < 4.78 is 5.24. The van der Waals surface area contributed by atoms with Crippen molar-refractivity contribution in [2.45, 2.75) is 46.1 Å². The smallest absolute Gasteiger partial charge is 0.217 e. The topological polar surface area (TPSA) is 34.2 Å². The van der Waals surface area contributed by atoms with Crippen LogP contribution in [0.3, 0.4) is 0 Å². The first-order chi connectivity index (χ1) is 8.81. The van der Waals surface area contributed by atoms with Gasteiger partial charge in [-0.2, -0.15) is 0 Å². The van der Waals surface area contributed by atoms with E-state index in [0.29, 0.717) is 0 Å². The van der Waals surface area contributed by atoms with Crippen LogP contribution in [0.5, 0.6) is 5.88 Å². The van der Waals surface area contributed by atoms with Gasteiger partial charge in [0.1, 0.15) is 0 Å². The first-order valence-corrected chi connectivity index (χ1v) is 7.00. The Kier molecular flexibility index (Phi) is 7.42. The standard InChI is InChI=1S/C15H26N2O/c1-4-6-8-13(5-2)11-16-12-14-9-7-10-17-15(14)18-3/h7,9-10,13,16H,4-6,8,11-12H2,1-3H3. The molecular formula is C15H26N2O. The Bertz CT molecular complexity index is 328. The van der Waals surface area contributed by atoms with Gasteiger partial charge >= 0.3 is 0 Å². The Balaban J connectivity index is 2.35. The summed E-state index contributed by atoms with van der Waals surface area (Å²) in [6.45, 7) is 6.43. The van der Waals surface area contributed by atoms with Crippen LogP contribution in [0.25, 0.3) is 0 Å². The van der Waals surface area contributed by atoms with E-state index in [-0.39, 0.29) is 0 Å². The summed E-state index contributed by atoms with van der Waals surface area (Å²) in [5.74, 6) is 1.51. The van der Waals surface area contributed by atoms with Crippen molar-refractivity contribution in [1.82, 2.24) is 10.3 Å². The second-order valence-corrected chi connectivity index (χ2v) is 4.72. The zero-order chi connectivity index (χ0) is 13.2. The number of hydrogen-bond donors (Lipinski definition) is 1. The van der Waals surface area contributed by atoms with Crippen LogP contribution >= 0.6 is 0 Å². The molecule has 0 saturated carbocycles. The average molecular weight is 250 g/mol. The number of nitrogens with zero attached hydrogens (tertiary/aromatic N) is 1. The highest BCUT2D eigenvalue weighted by molar-refractivity contribution is 5.24. The van der Waals surface area contributed by atoms with Crippen molar-refractivity contribution < 1.29 is 4.74 Å². The summed E-state index contributed by atoms with van der Waals surface area (Å²) in [7, 11) is 1.67. The summed E-state index contributed by atoms with van der Waals surface area (Å²) in [6, 6.07) is 4.01. The molecule has 0 saturated heterocycles. The van der Waals surface area contributed by atoms with E-state index in [4.69, 9.17) is 4.74 Å². The van der Waals surface area contributed by atoms with E-state index in [1.807, 2.05) is 6.07 Å². The minimum atomic E-state index is 0.728. The zero-order valence-electron chi connectivity index (χ0n) is 11.9. The second kappa shape index (κ2) is 8.92. The number of rotatable bonds is 9. The fourth-order valence-corrected chi connectivity index (χ4v) is 2.10. The Morgan fingerprint density at radius 2 is 2.22 bits per heavy atom. The Labute approximate surface area is 111 Å². The lowest BCUT2D eigenvalue weighted by molar-refractivity contribution is 0.385. The molecule has 1 atom stereocenters. The van der Waals surface area contributed by atoms with Crippen LogP contribution in [0.1, 0.15) is 45.1 Å². The van der Waals surface area contributed by atoms with Gasteiger partial charge < -0.3 is 10.1 Å². The number of pyridine rings is 1. The Hall–Kier alpha value is -1.09. The number of methoxy groups -OCH3 is 1. The highest BCUT2D eigenvalue weighted by Crippen LogP contribution is 2.14. The summed E-state index contributed by atoms with van der Waals surface area (Å²) in [6.07, 6.45) is 6.95. The van der Waals surface area contributed by atoms with Crippen LogP contribution in [0, 0.1) is 5.92 Å². The van der Waals surface area contributed by atoms with Crippen molar-refractivity contribution >= 4 is 0 Å². The summed E-state index contributed by atoms with van der Waals surface area (Å²) in [5, 5.41) is 3.52. The lowest BCUT2D eigenvalue weighted by Gasteiger charge is -2.15. The minimum absolute atomic E-state index is 0.728. The highest BCUT2D eigenvalue weighted by Gasteiger charge is 2.07. The van der Waals surface area contributed by atoms with Crippen molar-refractivity contribution in [3.63, 3.8) is 0 Å². The molecule has 18 heavy (non-hydrogen) atoms. The molecule has 1 rings (SSSR count). The highest BCUT2D eigenvalue weighted by atomic mass is 16.5. The van der Waals surface area contributed by atoms with Crippen LogP contribution in [-0.2, 0) is 6.54 Å². The number of nitrogens with one attached hydrogen (secondary N) is 1. The number of hydrogen-bond acceptors (Lipinski definition) is 3. The molecule has 1 unspecified atom stereocenters. The molecule has 0 aliphatic heterocycles. The molecular weight excluding hydrogens is 224 g/mol. The SMILES string of the molecule is CCCCC(CC)CNCc1cccnc1OC. The molecule has 0 aliphatic carbocycles. The molecule has 102 valence electrons. The lowest BCUT2D eigenvalue weighted by Crippen LogP contribution is -2.22. The van der Waals surface area contributed by atoms with Crippen molar-refractivity contribution in [1.29, 1.82) is 0 Å². The van der Waals surface area contributed by atoms with E-state index < -0.39 is 0 Å². The van der Waals surface area contributed by atoms with E-state index >= 15 is 0 Å². The second-order valence-electron chi connectivity index (χ2n) is 4.72. The van der Waals surface area contributed by atoms with Crippen LogP contribution in [-0.4, -0.2) is 18.6 Å². The van der Waals surface area contributed by atoms with E-state index in [9.17, 15) is 0 Å². The Morgan fingerprint density at radius 3 is 2.89 bits per heavy atom. The third kappa shape index (κ3) is 5.05. The first-order valence-electron chi connectivity index (χ1n) is 7.00. The van der Waals surface area contributed by atoms with Crippen LogP contribution in [0.15, 0.2) is 18.3 Å². The minimum Gasteiger partial charge on any atom is -0.481 e. The molecule has 3 heteroatoms. The van der Waals surface area contributed by atoms with Gasteiger partial charge in [0.15, 0.2) is 0 Å². The molecule has 1 aromatic rings. The maximum absolute atomic E-state index is 5.24. The predicted molar refractivity (Wildman–Crippen MR) is 75.8 cm³/mol. The average Bonchev–Trinajstić information content (AvgIpc) is 2.43. The molecule has 0 aliphatic rings. The third-order valence-electron chi connectivity index (χ3n) is 3.34. The van der Waals surface area contributed by atoms with E-state index in [2.05, 4.69) is 30.2 Å². The van der Waals surface area contributed by atoms with Gasteiger partial charge in [-0.1, -0.05) is 39.2 Å². The van der Waals surface area contributed by atoms with Gasteiger partial charge in [0.2, 0.25) is 5.88 Å². The van der Waals surface area contributed by atoms with Crippen molar-refractivity contribution in [2.75, 3.05) is 13.7 Å². The van der Waals surface area contributed by atoms with Gasteiger partial charge in [-0.05, 0) is 24.9 Å². The Morgan fingerprint density at radius 1 is 1.39 bits per heavy atom. The predicted octanol–water partition coefficient (Wildman–Crippen LogP) is 3.40. The van der Waals surface area contributed by atoms with Crippen LogP contribution in [0.2, 0.25) is 0 Å². The first kappa shape index (κ1) is 15.0. The monoisotopic (exact) mass is 250 g/mol. The molecule has 0 spiro atoms. The third-order valence-corrected chi connectivity index (χ3v) is 3.34. The van der Waals surface area contributed by atoms with E-state index in [1.165, 1.54) is 25.7 Å². The van der Waals surface area contributed by atoms with E-state index in [1.54, 1.807) is 13.3 Å². The molecule has 3 nitrogen and oxygen atoms in total. The molecule has 0 fully saturated rings. The number of unbranched alkanes of at least 4 members (excludes halogenated alkanes) is 1. The van der Waals surface area contributed by atoms with Crippen molar-refractivity contribution in [3.8, 4) is 5.88 Å². The molecule has 1 N–H and O–H groups in total. The normalized spacial score (nSPS) is 12.4. The fraction of sp³-hybridized carbons (Fsp3) is 0.667. The largest absolute Gasteiger partial charge is 0.481 e. The fourth-order valence-electron chi connectivity index (χ4n) is 2.10. The zero-order valence-corrected chi connectivity index (χ0v) is 11.9. The quantitative estimate of drug-likeness (QED) is 0.729. The van der Waals surface area contributed by atoms with Gasteiger partial charge in [0.25, 0.3) is 0 Å². The summed E-state index contributed by atoms with van der Waals surface area (Å²) in [4.78, 5) is 4.20.